The van der Waals surface area contributed by atoms with Crippen LogP contribution in [0.3, 0.4) is 0 Å². The van der Waals surface area contributed by atoms with Crippen LogP contribution in [0.25, 0.3) is 0 Å². The molecule has 0 amide bonds. The molecule has 2 aromatic carbocycles. The second kappa shape index (κ2) is 8.95. The number of halogens is 2. The Kier molecular flexibility index (Phi) is 6.40. The number of ketones is 1. The summed E-state index contributed by atoms with van der Waals surface area (Å²) in [6.45, 7) is 2.16. The van der Waals surface area contributed by atoms with Crippen LogP contribution >= 0.6 is 0 Å². The highest BCUT2D eigenvalue weighted by atomic mass is 19.1. The molecule has 2 unspecified atom stereocenters. The van der Waals surface area contributed by atoms with E-state index >= 15 is 0 Å². The molecule has 1 fully saturated rings. The average molecular weight is 374 g/mol. The predicted molar refractivity (Wildman–Crippen MR) is 102 cm³/mol. The van der Waals surface area contributed by atoms with Gasteiger partial charge in [0.05, 0.1) is 12.8 Å². The van der Waals surface area contributed by atoms with Crippen molar-refractivity contribution in [3.63, 3.8) is 0 Å². The molecule has 0 radical (unpaired) electrons. The molecule has 6 heteroatoms. The maximum absolute atomic E-state index is 14.6. The molecule has 1 saturated heterocycles. The van der Waals surface area contributed by atoms with Gasteiger partial charge in [-0.25, -0.2) is 8.78 Å². The highest BCUT2D eigenvalue weighted by Crippen LogP contribution is 2.29. The first-order valence-corrected chi connectivity index (χ1v) is 9.09. The van der Waals surface area contributed by atoms with E-state index in [-0.39, 0.29) is 5.56 Å². The fourth-order valence-corrected chi connectivity index (χ4v) is 3.34. The van der Waals surface area contributed by atoms with Crippen LogP contribution < -0.4 is 9.64 Å². The Hall–Kier alpha value is -2.47. The lowest BCUT2D eigenvalue weighted by Gasteiger charge is -2.38. The number of hydrogen-bond acceptors (Lipinski definition) is 4. The third-order valence-electron chi connectivity index (χ3n) is 4.88. The molecule has 0 spiro atoms. The minimum absolute atomic E-state index is 0.276. The second-order valence-corrected chi connectivity index (χ2v) is 6.56. The number of para-hydroxylation sites is 2. The van der Waals surface area contributed by atoms with Crippen molar-refractivity contribution in [2.75, 3.05) is 38.2 Å². The van der Waals surface area contributed by atoms with E-state index < -0.39 is 24.7 Å². The quantitative estimate of drug-likeness (QED) is 0.546. The van der Waals surface area contributed by atoms with E-state index in [1.54, 1.807) is 42.3 Å². The van der Waals surface area contributed by atoms with Crippen LogP contribution in [0, 0.1) is 0 Å². The zero-order valence-electron chi connectivity index (χ0n) is 15.4. The molecule has 4 nitrogen and oxygen atoms in total. The Labute approximate surface area is 158 Å². The second-order valence-electron chi connectivity index (χ2n) is 6.56. The van der Waals surface area contributed by atoms with E-state index in [2.05, 4.69) is 4.90 Å². The van der Waals surface area contributed by atoms with Crippen molar-refractivity contribution in [3.8, 4) is 5.75 Å². The van der Waals surface area contributed by atoms with Gasteiger partial charge in [-0.05, 0) is 12.1 Å². The molecule has 144 valence electrons. The van der Waals surface area contributed by atoms with Crippen LogP contribution in [0.5, 0.6) is 5.75 Å². The van der Waals surface area contributed by atoms with Crippen LogP contribution in [0.4, 0.5) is 14.5 Å². The molecule has 2 aromatic rings. The zero-order valence-corrected chi connectivity index (χ0v) is 15.4. The summed E-state index contributed by atoms with van der Waals surface area (Å²) in [7, 11) is 1.62. The van der Waals surface area contributed by atoms with E-state index in [1.807, 2.05) is 24.3 Å². The number of piperazine rings is 1. The van der Waals surface area contributed by atoms with Crippen LogP contribution in [0.1, 0.15) is 16.8 Å². The Morgan fingerprint density at radius 2 is 1.63 bits per heavy atom. The van der Waals surface area contributed by atoms with Gasteiger partial charge in [0.25, 0.3) is 0 Å². The summed E-state index contributed by atoms with van der Waals surface area (Å²) in [6, 6.07) is 15.9. The molecule has 0 saturated carbocycles. The van der Waals surface area contributed by atoms with Crippen LogP contribution in [-0.4, -0.2) is 56.4 Å². The van der Waals surface area contributed by atoms with Crippen molar-refractivity contribution >= 4 is 11.5 Å². The number of alkyl halides is 2. The minimum atomic E-state index is -1.84. The van der Waals surface area contributed by atoms with E-state index in [9.17, 15) is 13.6 Å². The Morgan fingerprint density at radius 1 is 1.00 bits per heavy atom. The largest absolute Gasteiger partial charge is 0.495 e. The number of methoxy groups -OCH3 is 1. The van der Waals surface area contributed by atoms with Gasteiger partial charge in [0.2, 0.25) is 0 Å². The third-order valence-corrected chi connectivity index (χ3v) is 4.88. The van der Waals surface area contributed by atoms with Crippen LogP contribution in [0.15, 0.2) is 54.6 Å². The lowest BCUT2D eigenvalue weighted by atomic mass is 10.0. The molecule has 3 rings (SSSR count). The Bertz CT molecular complexity index is 749. The Morgan fingerprint density at radius 3 is 2.30 bits per heavy atom. The molecular weight excluding hydrogens is 350 g/mol. The molecule has 1 heterocycles. The molecular formula is C21H24F2N2O2. The molecule has 2 atom stereocenters. The number of carbonyl (C=O) groups excluding carboxylic acids is 1. The maximum Gasteiger partial charge on any atom is 0.197 e. The average Bonchev–Trinajstić information content (AvgIpc) is 2.73. The first-order chi connectivity index (χ1) is 13.1. The summed E-state index contributed by atoms with van der Waals surface area (Å²) < 4.78 is 34.2. The van der Waals surface area contributed by atoms with Crippen molar-refractivity contribution in [2.24, 2.45) is 0 Å². The van der Waals surface area contributed by atoms with Gasteiger partial charge in [-0.1, -0.05) is 42.5 Å². The third kappa shape index (κ3) is 4.63. The molecule has 0 aliphatic carbocycles. The van der Waals surface area contributed by atoms with Crippen molar-refractivity contribution in [3.05, 3.63) is 60.2 Å². The van der Waals surface area contributed by atoms with Crippen molar-refractivity contribution in [2.45, 2.75) is 18.9 Å². The van der Waals surface area contributed by atoms with Gasteiger partial charge in [0.15, 0.2) is 18.3 Å². The number of anilines is 1. The summed E-state index contributed by atoms with van der Waals surface area (Å²) in [5.41, 5.74) is 1.25. The number of ether oxygens (including phenoxy) is 1. The van der Waals surface area contributed by atoms with E-state index in [4.69, 9.17) is 4.74 Å². The van der Waals surface area contributed by atoms with E-state index in [0.29, 0.717) is 26.2 Å². The summed E-state index contributed by atoms with van der Waals surface area (Å²) in [5, 5.41) is 0. The van der Waals surface area contributed by atoms with Gasteiger partial charge in [-0.2, -0.15) is 0 Å². The van der Waals surface area contributed by atoms with E-state index in [1.165, 1.54) is 0 Å². The first kappa shape index (κ1) is 19.3. The van der Waals surface area contributed by atoms with Gasteiger partial charge in [0, 0.05) is 38.2 Å². The van der Waals surface area contributed by atoms with Gasteiger partial charge in [-0.3, -0.25) is 9.69 Å². The number of hydrogen-bond donors (Lipinski definition) is 0. The number of rotatable bonds is 7. The van der Waals surface area contributed by atoms with Gasteiger partial charge in [-0.15, -0.1) is 0 Å². The first-order valence-electron chi connectivity index (χ1n) is 9.09. The van der Waals surface area contributed by atoms with Crippen molar-refractivity contribution < 1.29 is 18.3 Å². The molecule has 1 aliphatic rings. The Balaban J connectivity index is 1.54. The molecule has 0 N–H and O–H groups in total. The zero-order chi connectivity index (χ0) is 19.2. The smallest absolute Gasteiger partial charge is 0.197 e. The molecule has 1 aliphatic heterocycles. The maximum atomic E-state index is 14.6. The lowest BCUT2D eigenvalue weighted by Crippen LogP contribution is -2.50. The topological polar surface area (TPSA) is 32.8 Å². The van der Waals surface area contributed by atoms with Gasteiger partial charge < -0.3 is 9.64 Å². The van der Waals surface area contributed by atoms with Gasteiger partial charge in [0.1, 0.15) is 5.75 Å². The SMILES string of the molecule is COc1ccccc1N1CCN(C(F)CC(F)C(=O)c2ccccc2)CC1. The molecule has 0 aromatic heterocycles. The number of Topliss-reactive ketones (excluding diaryl/α,β-unsaturated/α-hetero) is 1. The summed E-state index contributed by atoms with van der Waals surface area (Å²) in [5.74, 6) is 0.117. The van der Waals surface area contributed by atoms with E-state index in [0.717, 1.165) is 11.4 Å². The fraction of sp³-hybridized carbons (Fsp3) is 0.381. The fourth-order valence-electron chi connectivity index (χ4n) is 3.34. The van der Waals surface area contributed by atoms with Crippen LogP contribution in [-0.2, 0) is 0 Å². The van der Waals surface area contributed by atoms with Crippen LogP contribution in [0.2, 0.25) is 0 Å². The number of nitrogens with zero attached hydrogens (tertiary/aromatic N) is 2. The summed E-state index contributed by atoms with van der Waals surface area (Å²) >= 11 is 0. The van der Waals surface area contributed by atoms with Crippen molar-refractivity contribution in [1.82, 2.24) is 4.90 Å². The minimum Gasteiger partial charge on any atom is -0.495 e. The lowest BCUT2D eigenvalue weighted by molar-refractivity contribution is 0.0438. The predicted octanol–water partition coefficient (Wildman–Crippen LogP) is 3.72. The summed E-state index contributed by atoms with van der Waals surface area (Å²) in [6.07, 6.45) is -3.76. The summed E-state index contributed by atoms with van der Waals surface area (Å²) in [4.78, 5) is 15.8. The normalized spacial score (nSPS) is 17.4. The van der Waals surface area contributed by atoms with Crippen molar-refractivity contribution in [1.29, 1.82) is 0 Å². The number of benzene rings is 2. The number of carbonyl (C=O) groups is 1. The molecule has 27 heavy (non-hydrogen) atoms. The highest BCUT2D eigenvalue weighted by molar-refractivity contribution is 5.99. The monoisotopic (exact) mass is 374 g/mol. The van der Waals surface area contributed by atoms with Gasteiger partial charge >= 0.3 is 0 Å². The highest BCUT2D eigenvalue weighted by Gasteiger charge is 2.29. The standard InChI is InChI=1S/C21H24F2N2O2/c1-27-19-10-6-5-9-18(19)24-11-13-25(14-12-24)20(23)15-17(22)21(26)16-7-3-2-4-8-16/h2-10,17,20H,11-15H2,1H3. The molecule has 0 bridgehead atoms.